The van der Waals surface area contributed by atoms with Crippen molar-refractivity contribution in [3.05, 3.63) is 44.5 Å². The number of thiazole rings is 1. The summed E-state index contributed by atoms with van der Waals surface area (Å²) in [4.78, 5) is 18.2. The predicted octanol–water partition coefficient (Wildman–Crippen LogP) is 5.58. The second kappa shape index (κ2) is 6.75. The molecule has 3 aromatic rings. The summed E-state index contributed by atoms with van der Waals surface area (Å²) in [6.07, 6.45) is 2.26. The molecule has 0 amide bonds. The molecule has 126 valence electrons. The average molecular weight is 383 g/mol. The Labute approximate surface area is 153 Å². The van der Waals surface area contributed by atoms with Gasteiger partial charge >= 0.3 is 5.97 Å². The van der Waals surface area contributed by atoms with Gasteiger partial charge < -0.3 is 5.11 Å². The number of hydrogen-bond donors (Lipinski definition) is 1. The zero-order valence-electron chi connectivity index (χ0n) is 13.3. The van der Waals surface area contributed by atoms with Crippen molar-refractivity contribution in [1.82, 2.24) is 9.38 Å². The summed E-state index contributed by atoms with van der Waals surface area (Å²) < 4.78 is 1.75. The van der Waals surface area contributed by atoms with Crippen molar-refractivity contribution in [2.75, 3.05) is 0 Å². The first-order valence-corrected chi connectivity index (χ1v) is 9.26. The molecule has 0 saturated heterocycles. The molecule has 0 unspecified atom stereocenters. The molecule has 0 aliphatic rings. The van der Waals surface area contributed by atoms with Crippen molar-refractivity contribution < 1.29 is 9.90 Å². The SMILES string of the molecule is CCCc1nc2sc(CC)c(-c3ccc(Cl)c(Cl)c3)n2c1C(=O)O. The van der Waals surface area contributed by atoms with E-state index in [0.29, 0.717) is 27.1 Å². The second-order valence-electron chi connectivity index (χ2n) is 5.44. The van der Waals surface area contributed by atoms with Crippen LogP contribution in [-0.2, 0) is 12.8 Å². The Morgan fingerprint density at radius 1 is 1.29 bits per heavy atom. The largest absolute Gasteiger partial charge is 0.477 e. The van der Waals surface area contributed by atoms with Crippen LogP contribution in [0.15, 0.2) is 18.2 Å². The third kappa shape index (κ3) is 2.81. The average Bonchev–Trinajstić information content (AvgIpc) is 3.05. The highest BCUT2D eigenvalue weighted by atomic mass is 35.5. The zero-order valence-corrected chi connectivity index (χ0v) is 15.6. The second-order valence-corrected chi connectivity index (χ2v) is 7.31. The van der Waals surface area contributed by atoms with Gasteiger partial charge in [0.1, 0.15) is 0 Å². The number of hydrogen-bond acceptors (Lipinski definition) is 3. The van der Waals surface area contributed by atoms with Gasteiger partial charge in [-0.15, -0.1) is 11.3 Å². The van der Waals surface area contributed by atoms with Crippen LogP contribution >= 0.6 is 34.5 Å². The summed E-state index contributed by atoms with van der Waals surface area (Å²) in [6.45, 7) is 4.05. The first kappa shape index (κ1) is 17.3. The maximum atomic E-state index is 11.9. The van der Waals surface area contributed by atoms with Crippen molar-refractivity contribution in [3.8, 4) is 11.3 Å². The fourth-order valence-corrected chi connectivity index (χ4v) is 4.20. The number of benzene rings is 1. The number of rotatable bonds is 5. The molecule has 0 saturated carbocycles. The lowest BCUT2D eigenvalue weighted by atomic mass is 10.1. The van der Waals surface area contributed by atoms with Gasteiger partial charge in [-0.25, -0.2) is 9.78 Å². The van der Waals surface area contributed by atoms with Gasteiger partial charge in [0.25, 0.3) is 0 Å². The Morgan fingerprint density at radius 3 is 2.62 bits per heavy atom. The van der Waals surface area contributed by atoms with Crippen LogP contribution in [0.5, 0.6) is 0 Å². The van der Waals surface area contributed by atoms with Crippen LogP contribution in [0.25, 0.3) is 16.2 Å². The minimum Gasteiger partial charge on any atom is -0.477 e. The highest BCUT2D eigenvalue weighted by Gasteiger charge is 2.25. The minimum atomic E-state index is -0.965. The molecule has 24 heavy (non-hydrogen) atoms. The monoisotopic (exact) mass is 382 g/mol. The number of carboxylic acid groups (broad SMARTS) is 1. The van der Waals surface area contributed by atoms with Crippen molar-refractivity contribution >= 4 is 45.5 Å². The number of fused-ring (bicyclic) bond motifs is 1. The van der Waals surface area contributed by atoms with Crippen LogP contribution in [-0.4, -0.2) is 20.5 Å². The molecule has 7 heteroatoms. The molecular formula is C17H16Cl2N2O2S. The third-order valence-corrected chi connectivity index (χ3v) is 5.75. The lowest BCUT2D eigenvalue weighted by molar-refractivity contribution is 0.0688. The predicted molar refractivity (Wildman–Crippen MR) is 98.9 cm³/mol. The van der Waals surface area contributed by atoms with Crippen molar-refractivity contribution in [2.24, 2.45) is 0 Å². The van der Waals surface area contributed by atoms with Crippen LogP contribution in [0.3, 0.4) is 0 Å². The number of aromatic carboxylic acids is 1. The van der Waals surface area contributed by atoms with Gasteiger partial charge in [0.05, 0.1) is 21.4 Å². The summed E-state index contributed by atoms with van der Waals surface area (Å²) >= 11 is 13.7. The quantitative estimate of drug-likeness (QED) is 0.626. The maximum absolute atomic E-state index is 11.9. The molecule has 0 bridgehead atoms. The molecule has 1 aromatic carbocycles. The summed E-state index contributed by atoms with van der Waals surface area (Å²) in [6, 6.07) is 5.36. The van der Waals surface area contributed by atoms with Crippen molar-refractivity contribution in [2.45, 2.75) is 33.1 Å². The van der Waals surface area contributed by atoms with E-state index in [-0.39, 0.29) is 5.69 Å². The van der Waals surface area contributed by atoms with Crippen LogP contribution in [0, 0.1) is 0 Å². The standard InChI is InChI=1S/C17H16Cl2N2O2S/c1-3-5-12-15(16(22)23)21-14(13(4-2)24-17(21)20-12)9-6-7-10(18)11(19)8-9/h6-8H,3-5H2,1-2H3,(H,22,23). The number of aryl methyl sites for hydroxylation is 2. The first-order valence-electron chi connectivity index (χ1n) is 7.69. The van der Waals surface area contributed by atoms with Crippen LogP contribution in [0.4, 0.5) is 0 Å². The zero-order chi connectivity index (χ0) is 17.4. The van der Waals surface area contributed by atoms with E-state index in [4.69, 9.17) is 23.2 Å². The number of halogens is 2. The minimum absolute atomic E-state index is 0.240. The molecular weight excluding hydrogens is 367 g/mol. The first-order chi connectivity index (χ1) is 11.5. The van der Waals surface area contributed by atoms with Crippen LogP contribution in [0.2, 0.25) is 10.0 Å². The summed E-state index contributed by atoms with van der Waals surface area (Å²) in [5.74, 6) is -0.965. The van der Waals surface area contributed by atoms with E-state index in [1.54, 1.807) is 16.5 Å². The normalized spacial score (nSPS) is 11.3. The van der Waals surface area contributed by atoms with E-state index in [0.717, 1.165) is 29.0 Å². The molecule has 0 aliphatic heterocycles. The number of nitrogens with zero attached hydrogens (tertiary/aromatic N) is 2. The summed E-state index contributed by atoms with van der Waals surface area (Å²) in [5.41, 5.74) is 2.54. The van der Waals surface area contributed by atoms with Crippen LogP contribution in [0.1, 0.15) is 41.3 Å². The molecule has 2 heterocycles. The molecule has 1 N–H and O–H groups in total. The van der Waals surface area contributed by atoms with E-state index in [1.807, 2.05) is 19.9 Å². The Bertz CT molecular complexity index is 930. The number of carboxylic acids is 1. The topological polar surface area (TPSA) is 54.6 Å². The molecule has 0 aliphatic carbocycles. The number of imidazole rings is 1. The molecule has 3 rings (SSSR count). The lowest BCUT2D eigenvalue weighted by Crippen LogP contribution is -2.06. The Hall–Kier alpha value is -1.56. The van der Waals surface area contributed by atoms with Crippen molar-refractivity contribution in [3.63, 3.8) is 0 Å². The van der Waals surface area contributed by atoms with Gasteiger partial charge in [0, 0.05) is 10.4 Å². The summed E-state index contributed by atoms with van der Waals surface area (Å²) in [7, 11) is 0. The fourth-order valence-electron chi connectivity index (χ4n) is 2.81. The molecule has 4 nitrogen and oxygen atoms in total. The van der Waals surface area contributed by atoms with Gasteiger partial charge in [-0.2, -0.15) is 0 Å². The van der Waals surface area contributed by atoms with E-state index in [9.17, 15) is 9.90 Å². The molecule has 2 aromatic heterocycles. The summed E-state index contributed by atoms with van der Waals surface area (Å²) in [5, 5.41) is 10.6. The van der Waals surface area contributed by atoms with Gasteiger partial charge in [-0.3, -0.25) is 4.40 Å². The van der Waals surface area contributed by atoms with Gasteiger partial charge in [-0.1, -0.05) is 49.5 Å². The van der Waals surface area contributed by atoms with Crippen LogP contribution < -0.4 is 0 Å². The van der Waals surface area contributed by atoms with E-state index < -0.39 is 5.97 Å². The van der Waals surface area contributed by atoms with E-state index in [1.165, 1.54) is 11.3 Å². The molecule has 0 atom stereocenters. The lowest BCUT2D eigenvalue weighted by Gasteiger charge is -2.07. The fraction of sp³-hybridized carbons (Fsp3) is 0.294. The van der Waals surface area contributed by atoms with Gasteiger partial charge in [-0.05, 0) is 25.0 Å². The Morgan fingerprint density at radius 2 is 2.04 bits per heavy atom. The van der Waals surface area contributed by atoms with E-state index >= 15 is 0 Å². The number of carbonyl (C=O) groups is 1. The van der Waals surface area contributed by atoms with E-state index in [2.05, 4.69) is 4.98 Å². The maximum Gasteiger partial charge on any atom is 0.354 e. The Kier molecular flexibility index (Phi) is 4.85. The van der Waals surface area contributed by atoms with Gasteiger partial charge in [0.2, 0.25) is 0 Å². The number of aromatic nitrogens is 2. The van der Waals surface area contributed by atoms with Gasteiger partial charge in [0.15, 0.2) is 10.7 Å². The van der Waals surface area contributed by atoms with Crippen molar-refractivity contribution in [1.29, 1.82) is 0 Å². The third-order valence-electron chi connectivity index (χ3n) is 3.82. The highest BCUT2D eigenvalue weighted by molar-refractivity contribution is 7.17. The molecule has 0 radical (unpaired) electrons. The highest BCUT2D eigenvalue weighted by Crippen LogP contribution is 2.37. The Balaban J connectivity index is 2.35. The molecule has 0 fully saturated rings. The molecule has 0 spiro atoms. The smallest absolute Gasteiger partial charge is 0.354 e.